The van der Waals surface area contributed by atoms with Crippen LogP contribution in [0.2, 0.25) is 0 Å². The van der Waals surface area contributed by atoms with Crippen molar-refractivity contribution in [3.05, 3.63) is 41.9 Å². The van der Waals surface area contributed by atoms with Crippen molar-refractivity contribution in [3.63, 3.8) is 0 Å². The van der Waals surface area contributed by atoms with Crippen molar-refractivity contribution in [1.82, 2.24) is 14.7 Å². The molecule has 0 saturated heterocycles. The van der Waals surface area contributed by atoms with Crippen LogP contribution in [0.25, 0.3) is 11.2 Å². The first-order valence-corrected chi connectivity index (χ1v) is 5.70. The Morgan fingerprint density at radius 1 is 1.38 bits per heavy atom. The van der Waals surface area contributed by atoms with E-state index in [4.69, 9.17) is 0 Å². The summed E-state index contributed by atoms with van der Waals surface area (Å²) in [4.78, 5) is 4.59. The average molecular weight is 213 g/mol. The molecule has 0 unspecified atom stereocenters. The third kappa shape index (κ3) is 1.44. The van der Waals surface area contributed by atoms with Gasteiger partial charge in [-0.05, 0) is 37.6 Å². The van der Waals surface area contributed by atoms with Gasteiger partial charge in [-0.25, -0.2) is 4.98 Å². The molecule has 0 fully saturated rings. The topological polar surface area (TPSA) is 29.3 Å². The second-order valence-corrected chi connectivity index (χ2v) is 4.16. The molecule has 3 rings (SSSR count). The summed E-state index contributed by atoms with van der Waals surface area (Å²) in [5.74, 6) is 0. The number of nitrogens with zero attached hydrogens (tertiary/aromatic N) is 2. The molecule has 16 heavy (non-hydrogen) atoms. The van der Waals surface area contributed by atoms with Gasteiger partial charge in [0, 0.05) is 12.7 Å². The average Bonchev–Trinajstić information content (AvgIpc) is 2.66. The maximum Gasteiger partial charge on any atom is 0.137 e. The van der Waals surface area contributed by atoms with Gasteiger partial charge in [-0.1, -0.05) is 12.1 Å². The number of aryl methyl sites for hydroxylation is 1. The van der Waals surface area contributed by atoms with Crippen LogP contribution >= 0.6 is 0 Å². The van der Waals surface area contributed by atoms with Gasteiger partial charge in [0.1, 0.15) is 5.65 Å². The minimum absolute atomic E-state index is 0.967. The molecule has 0 spiro atoms. The summed E-state index contributed by atoms with van der Waals surface area (Å²) in [7, 11) is 0. The number of nitrogens with one attached hydrogen (secondary N) is 1. The van der Waals surface area contributed by atoms with Crippen molar-refractivity contribution in [2.24, 2.45) is 0 Å². The normalized spacial score (nSPS) is 16.4. The molecule has 3 nitrogen and oxygen atoms in total. The number of fused-ring (bicyclic) bond motifs is 1. The molecule has 2 aromatic rings. The van der Waals surface area contributed by atoms with Crippen molar-refractivity contribution in [1.29, 1.82) is 0 Å². The van der Waals surface area contributed by atoms with Crippen molar-refractivity contribution in [2.75, 3.05) is 13.1 Å². The highest BCUT2D eigenvalue weighted by atomic mass is 15.0. The molecule has 1 aliphatic rings. The highest BCUT2D eigenvalue weighted by Crippen LogP contribution is 2.24. The third-order valence-corrected chi connectivity index (χ3v) is 3.07. The summed E-state index contributed by atoms with van der Waals surface area (Å²) >= 11 is 0. The lowest BCUT2D eigenvalue weighted by Gasteiger charge is -2.14. The van der Waals surface area contributed by atoms with E-state index >= 15 is 0 Å². The molecule has 0 atom stereocenters. The van der Waals surface area contributed by atoms with E-state index in [0.29, 0.717) is 0 Å². The Labute approximate surface area is 94.8 Å². The summed E-state index contributed by atoms with van der Waals surface area (Å²) in [6.07, 6.45) is 5.45. The second-order valence-electron chi connectivity index (χ2n) is 4.16. The van der Waals surface area contributed by atoms with Gasteiger partial charge in [-0.3, -0.25) is 4.40 Å². The largest absolute Gasteiger partial charge is 0.313 e. The Morgan fingerprint density at radius 3 is 3.12 bits per heavy atom. The quantitative estimate of drug-likeness (QED) is 0.785. The molecule has 0 amide bonds. The van der Waals surface area contributed by atoms with Crippen molar-refractivity contribution < 1.29 is 0 Å². The van der Waals surface area contributed by atoms with Crippen molar-refractivity contribution >= 4 is 11.2 Å². The number of rotatable bonds is 1. The van der Waals surface area contributed by atoms with Crippen LogP contribution in [0.5, 0.6) is 0 Å². The number of pyridine rings is 1. The fourth-order valence-electron chi connectivity index (χ4n) is 2.34. The zero-order chi connectivity index (χ0) is 11.0. The molecule has 3 heterocycles. The first-order valence-electron chi connectivity index (χ1n) is 5.70. The van der Waals surface area contributed by atoms with Gasteiger partial charge < -0.3 is 5.32 Å². The van der Waals surface area contributed by atoms with Gasteiger partial charge in [-0.2, -0.15) is 0 Å². The van der Waals surface area contributed by atoms with Gasteiger partial charge in [0.25, 0.3) is 0 Å². The van der Waals surface area contributed by atoms with Crippen LogP contribution in [-0.4, -0.2) is 22.5 Å². The van der Waals surface area contributed by atoms with Gasteiger partial charge in [0.2, 0.25) is 0 Å². The van der Waals surface area contributed by atoms with Crippen molar-refractivity contribution in [2.45, 2.75) is 13.3 Å². The lowest BCUT2D eigenvalue weighted by Crippen LogP contribution is -2.20. The number of aromatic nitrogens is 2. The van der Waals surface area contributed by atoms with E-state index in [0.717, 1.165) is 30.9 Å². The van der Waals surface area contributed by atoms with Crippen LogP contribution in [0, 0.1) is 6.92 Å². The lowest BCUT2D eigenvalue weighted by molar-refractivity contribution is 0.735. The van der Waals surface area contributed by atoms with E-state index in [9.17, 15) is 0 Å². The van der Waals surface area contributed by atoms with E-state index in [1.807, 2.05) is 6.07 Å². The maximum atomic E-state index is 4.59. The number of imidazole rings is 1. The van der Waals surface area contributed by atoms with Gasteiger partial charge >= 0.3 is 0 Å². The first-order chi connectivity index (χ1) is 7.86. The van der Waals surface area contributed by atoms with Crippen LogP contribution < -0.4 is 5.32 Å². The number of hydrogen-bond donors (Lipinski definition) is 1. The van der Waals surface area contributed by atoms with Crippen LogP contribution in [-0.2, 0) is 0 Å². The van der Waals surface area contributed by atoms with Gasteiger partial charge in [0.05, 0.1) is 11.4 Å². The van der Waals surface area contributed by atoms with E-state index in [2.05, 4.69) is 46.0 Å². The third-order valence-electron chi connectivity index (χ3n) is 3.07. The Balaban J connectivity index is 2.21. The molecule has 1 N–H and O–H groups in total. The summed E-state index contributed by atoms with van der Waals surface area (Å²) in [5, 5.41) is 3.34. The SMILES string of the molecule is Cc1nc2ccccn2c1C1=CCNCC1. The Morgan fingerprint density at radius 2 is 2.31 bits per heavy atom. The Kier molecular flexibility index (Phi) is 2.26. The fourth-order valence-corrected chi connectivity index (χ4v) is 2.34. The van der Waals surface area contributed by atoms with E-state index in [-0.39, 0.29) is 0 Å². The Hall–Kier alpha value is -1.61. The molecular weight excluding hydrogens is 198 g/mol. The molecule has 0 saturated carbocycles. The van der Waals surface area contributed by atoms with Gasteiger partial charge in [-0.15, -0.1) is 0 Å². The minimum Gasteiger partial charge on any atom is -0.313 e. The molecule has 2 aromatic heterocycles. The monoisotopic (exact) mass is 213 g/mol. The van der Waals surface area contributed by atoms with Crippen LogP contribution in [0.4, 0.5) is 0 Å². The van der Waals surface area contributed by atoms with E-state index in [1.54, 1.807) is 0 Å². The van der Waals surface area contributed by atoms with Crippen LogP contribution in [0.15, 0.2) is 30.5 Å². The smallest absolute Gasteiger partial charge is 0.137 e. The molecule has 0 aromatic carbocycles. The highest BCUT2D eigenvalue weighted by molar-refractivity contribution is 5.68. The predicted octanol–water partition coefficient (Wildman–Crippen LogP) is 2.02. The standard InChI is InChI=1S/C13H15N3/c1-10-13(11-5-7-14-8-6-11)16-9-3-2-4-12(16)15-10/h2-5,9,14H,6-8H2,1H3. The summed E-state index contributed by atoms with van der Waals surface area (Å²) < 4.78 is 2.19. The lowest BCUT2D eigenvalue weighted by atomic mass is 10.0. The van der Waals surface area contributed by atoms with Crippen LogP contribution in [0.3, 0.4) is 0 Å². The van der Waals surface area contributed by atoms with E-state index < -0.39 is 0 Å². The van der Waals surface area contributed by atoms with Crippen LogP contribution in [0.1, 0.15) is 17.8 Å². The molecule has 82 valence electrons. The number of hydrogen-bond acceptors (Lipinski definition) is 2. The summed E-state index contributed by atoms with van der Waals surface area (Å²) in [6.45, 7) is 4.12. The Bertz CT molecular complexity index is 551. The van der Waals surface area contributed by atoms with Gasteiger partial charge in [0.15, 0.2) is 0 Å². The summed E-state index contributed by atoms with van der Waals surface area (Å²) in [6, 6.07) is 6.14. The molecule has 0 bridgehead atoms. The van der Waals surface area contributed by atoms with Crippen molar-refractivity contribution in [3.8, 4) is 0 Å². The molecular formula is C13H15N3. The summed E-state index contributed by atoms with van der Waals surface area (Å²) in [5.41, 5.74) is 4.85. The second kappa shape index (κ2) is 3.76. The highest BCUT2D eigenvalue weighted by Gasteiger charge is 2.13. The predicted molar refractivity (Wildman–Crippen MR) is 65.4 cm³/mol. The maximum absolute atomic E-state index is 4.59. The fraction of sp³-hybridized carbons (Fsp3) is 0.308. The zero-order valence-corrected chi connectivity index (χ0v) is 9.40. The molecule has 0 aliphatic carbocycles. The molecule has 0 radical (unpaired) electrons. The minimum atomic E-state index is 0.967. The molecule has 1 aliphatic heterocycles. The zero-order valence-electron chi connectivity index (χ0n) is 9.40. The molecule has 3 heteroatoms. The first kappa shape index (κ1) is 9.60. The van der Waals surface area contributed by atoms with E-state index in [1.165, 1.54) is 11.3 Å².